The molecule has 0 N–H and O–H groups in total. The Morgan fingerprint density at radius 2 is 0.961 bits per heavy atom. The van der Waals surface area contributed by atoms with E-state index in [0.29, 0.717) is 0 Å². The van der Waals surface area contributed by atoms with Crippen LogP contribution in [-0.4, -0.2) is 14.1 Å². The first kappa shape index (κ1) is 28.0. The first-order valence-electron chi connectivity index (χ1n) is 17.3. The summed E-state index contributed by atoms with van der Waals surface area (Å²) in [4.78, 5) is 4.80. The number of benzene rings is 7. The fourth-order valence-corrected chi connectivity index (χ4v) is 8.13. The van der Waals surface area contributed by atoms with E-state index in [1.807, 2.05) is 12.4 Å². The molecule has 0 aliphatic heterocycles. The van der Waals surface area contributed by atoms with Crippen LogP contribution in [0.4, 0.5) is 0 Å². The number of pyridine rings is 1. The fourth-order valence-electron chi connectivity index (χ4n) is 8.13. The molecular weight excluding hydrogens is 623 g/mol. The average molecular weight is 652 g/mol. The van der Waals surface area contributed by atoms with Crippen molar-refractivity contribution in [3.63, 3.8) is 0 Å². The highest BCUT2D eigenvalue weighted by Gasteiger charge is 2.18. The van der Waals surface area contributed by atoms with Crippen LogP contribution in [0, 0.1) is 0 Å². The van der Waals surface area contributed by atoms with Gasteiger partial charge in [0.2, 0.25) is 0 Å². The third-order valence-electron chi connectivity index (χ3n) is 10.4. The van der Waals surface area contributed by atoms with Crippen LogP contribution < -0.4 is 0 Å². The second-order valence-electron chi connectivity index (χ2n) is 13.2. The third kappa shape index (κ3) is 4.17. The Balaban J connectivity index is 1.08. The molecule has 4 aromatic heterocycles. The molecule has 4 heteroatoms. The lowest BCUT2D eigenvalue weighted by Crippen LogP contribution is -1.95. The van der Waals surface area contributed by atoms with E-state index in [1.165, 1.54) is 43.6 Å². The van der Waals surface area contributed by atoms with Gasteiger partial charge in [-0.2, -0.15) is 0 Å². The summed E-state index contributed by atoms with van der Waals surface area (Å²) < 4.78 is 11.1. The molecule has 0 aliphatic rings. The summed E-state index contributed by atoms with van der Waals surface area (Å²) in [6, 6.07) is 58.4. The molecule has 0 spiro atoms. The Bertz CT molecular complexity index is 3090. The van der Waals surface area contributed by atoms with Gasteiger partial charge in [0.05, 0.1) is 22.1 Å². The van der Waals surface area contributed by atoms with E-state index in [-0.39, 0.29) is 0 Å². The van der Waals surface area contributed by atoms with Gasteiger partial charge in [-0.05, 0) is 72.3 Å². The van der Waals surface area contributed by atoms with Crippen molar-refractivity contribution in [2.45, 2.75) is 0 Å². The predicted octanol–water partition coefficient (Wildman–Crippen LogP) is 12.5. The van der Waals surface area contributed by atoms with E-state index >= 15 is 0 Å². The van der Waals surface area contributed by atoms with Gasteiger partial charge in [-0.1, -0.05) is 97.1 Å². The number of fused-ring (bicyclic) bond motifs is 9. The summed E-state index contributed by atoms with van der Waals surface area (Å²) in [7, 11) is 0. The normalized spacial score (nSPS) is 11.9. The molecule has 0 saturated carbocycles. The lowest BCUT2D eigenvalue weighted by atomic mass is 9.99. The summed E-state index contributed by atoms with van der Waals surface area (Å²) in [6.45, 7) is 0. The fraction of sp³-hybridized carbons (Fsp3) is 0. The maximum absolute atomic E-state index is 6.39. The van der Waals surface area contributed by atoms with Gasteiger partial charge in [-0.25, -0.2) is 0 Å². The minimum Gasteiger partial charge on any atom is -0.456 e. The summed E-state index contributed by atoms with van der Waals surface area (Å²) in [6.07, 6.45) is 3.94. The van der Waals surface area contributed by atoms with Crippen molar-refractivity contribution in [2.75, 3.05) is 0 Å². The van der Waals surface area contributed by atoms with Gasteiger partial charge in [-0.15, -0.1) is 0 Å². The molecule has 0 radical (unpaired) electrons. The molecule has 51 heavy (non-hydrogen) atoms. The Kier molecular flexibility index (Phi) is 5.92. The maximum atomic E-state index is 6.39. The highest BCUT2D eigenvalue weighted by Crippen LogP contribution is 2.40. The van der Waals surface area contributed by atoms with Gasteiger partial charge in [0.25, 0.3) is 0 Å². The Morgan fingerprint density at radius 1 is 0.373 bits per heavy atom. The van der Waals surface area contributed by atoms with Crippen LogP contribution in [0.3, 0.4) is 0 Å². The average Bonchev–Trinajstić information content (AvgIpc) is 3.85. The molecule has 11 rings (SSSR count). The third-order valence-corrected chi connectivity index (χ3v) is 10.4. The zero-order valence-electron chi connectivity index (χ0n) is 27.5. The van der Waals surface area contributed by atoms with Gasteiger partial charge >= 0.3 is 0 Å². The summed E-state index contributed by atoms with van der Waals surface area (Å²) >= 11 is 0. The van der Waals surface area contributed by atoms with Crippen LogP contribution >= 0.6 is 0 Å². The molecule has 11 aromatic rings. The molecule has 0 atom stereocenters. The number of nitrogens with zero attached hydrogens (tertiary/aromatic N) is 3. The Morgan fingerprint density at radius 3 is 1.71 bits per heavy atom. The summed E-state index contributed by atoms with van der Waals surface area (Å²) in [5.74, 6) is 0. The van der Waals surface area contributed by atoms with Crippen LogP contribution in [-0.2, 0) is 0 Å². The van der Waals surface area contributed by atoms with E-state index in [4.69, 9.17) is 9.40 Å². The molecule has 0 aliphatic carbocycles. The van der Waals surface area contributed by atoms with Crippen LogP contribution in [0.5, 0.6) is 0 Å². The minimum atomic E-state index is 0.870. The maximum Gasteiger partial charge on any atom is 0.135 e. The van der Waals surface area contributed by atoms with Crippen molar-refractivity contribution in [3.8, 4) is 33.6 Å². The zero-order valence-corrected chi connectivity index (χ0v) is 27.5. The van der Waals surface area contributed by atoms with Crippen molar-refractivity contribution in [2.24, 2.45) is 0 Å². The van der Waals surface area contributed by atoms with Crippen molar-refractivity contribution < 1.29 is 4.42 Å². The van der Waals surface area contributed by atoms with Gasteiger partial charge in [0, 0.05) is 72.8 Å². The molecular formula is C47H29N3O. The molecule has 4 nitrogen and oxygen atoms in total. The SMILES string of the molecule is c1ccc(-n2c3ccccc3c3cccc(-c4cncc(-c5ccc6oc7ccc(-n8c9ccccc9c9ccccc98)cc7c6c5)c4)c32)cc1. The van der Waals surface area contributed by atoms with Crippen LogP contribution in [0.25, 0.3) is 99.2 Å². The van der Waals surface area contributed by atoms with Gasteiger partial charge in [0.1, 0.15) is 11.2 Å². The zero-order chi connectivity index (χ0) is 33.5. The number of hydrogen-bond acceptors (Lipinski definition) is 2. The number of furan rings is 1. The number of aromatic nitrogens is 3. The molecule has 4 heterocycles. The monoisotopic (exact) mass is 651 g/mol. The lowest BCUT2D eigenvalue weighted by Gasteiger charge is -2.12. The summed E-state index contributed by atoms with van der Waals surface area (Å²) in [5, 5.41) is 7.14. The first-order valence-corrected chi connectivity index (χ1v) is 17.3. The molecule has 0 saturated heterocycles. The number of para-hydroxylation sites is 5. The second-order valence-corrected chi connectivity index (χ2v) is 13.2. The van der Waals surface area contributed by atoms with E-state index in [2.05, 4.69) is 173 Å². The van der Waals surface area contributed by atoms with Gasteiger partial charge < -0.3 is 13.6 Å². The molecule has 0 fully saturated rings. The van der Waals surface area contributed by atoms with Crippen molar-refractivity contribution in [1.82, 2.24) is 14.1 Å². The number of rotatable bonds is 4. The quantitative estimate of drug-likeness (QED) is 0.190. The largest absolute Gasteiger partial charge is 0.456 e. The molecule has 0 bridgehead atoms. The predicted molar refractivity (Wildman–Crippen MR) is 211 cm³/mol. The van der Waals surface area contributed by atoms with Gasteiger partial charge in [-0.3, -0.25) is 4.98 Å². The van der Waals surface area contributed by atoms with E-state index in [9.17, 15) is 0 Å². The molecule has 0 amide bonds. The standard InChI is InChI=1S/C47H29N3O/c1-2-11-33(12-3-1)50-44-20-9-6-15-38(44)39-17-10-16-35(47(39)50)32-25-31(28-48-29-32)30-21-23-45-40(26-30)41-27-34(22-24-46(41)51-45)49-42-18-7-4-13-36(42)37-14-5-8-19-43(37)49/h1-29H. The minimum absolute atomic E-state index is 0.870. The van der Waals surface area contributed by atoms with Crippen molar-refractivity contribution in [1.29, 1.82) is 0 Å². The highest BCUT2D eigenvalue weighted by atomic mass is 16.3. The van der Waals surface area contributed by atoms with E-state index in [1.54, 1.807) is 0 Å². The van der Waals surface area contributed by atoms with Gasteiger partial charge in [0.15, 0.2) is 0 Å². The lowest BCUT2D eigenvalue weighted by molar-refractivity contribution is 0.669. The Hall–Kier alpha value is -6.91. The molecule has 0 unspecified atom stereocenters. The topological polar surface area (TPSA) is 35.9 Å². The van der Waals surface area contributed by atoms with Crippen molar-refractivity contribution >= 4 is 65.6 Å². The van der Waals surface area contributed by atoms with Crippen LogP contribution in [0.1, 0.15) is 0 Å². The Labute approximate surface area is 293 Å². The highest BCUT2D eigenvalue weighted by molar-refractivity contribution is 6.14. The second kappa shape index (κ2) is 10.8. The van der Waals surface area contributed by atoms with E-state index in [0.717, 1.165) is 55.6 Å². The van der Waals surface area contributed by atoms with Crippen molar-refractivity contribution in [3.05, 3.63) is 176 Å². The van der Waals surface area contributed by atoms with E-state index < -0.39 is 0 Å². The first-order chi connectivity index (χ1) is 25.3. The van der Waals surface area contributed by atoms with Crippen LogP contribution in [0.15, 0.2) is 181 Å². The summed E-state index contributed by atoms with van der Waals surface area (Å²) in [5.41, 5.74) is 13.1. The van der Waals surface area contributed by atoms with Crippen LogP contribution in [0.2, 0.25) is 0 Å². The number of hydrogen-bond donors (Lipinski definition) is 0. The smallest absolute Gasteiger partial charge is 0.135 e. The molecule has 238 valence electrons. The molecule has 7 aromatic carbocycles.